The molecule has 2 aromatic rings. The van der Waals surface area contributed by atoms with E-state index in [-0.39, 0.29) is 5.91 Å². The molecule has 0 saturated carbocycles. The Bertz CT molecular complexity index is 621. The van der Waals surface area contributed by atoms with E-state index >= 15 is 0 Å². The van der Waals surface area contributed by atoms with Crippen molar-refractivity contribution in [3.05, 3.63) is 41.3 Å². The van der Waals surface area contributed by atoms with Gasteiger partial charge in [-0.05, 0) is 19.1 Å². The highest BCUT2D eigenvalue weighted by atomic mass is 16.1. The molecule has 0 saturated heterocycles. The summed E-state index contributed by atoms with van der Waals surface area (Å²) in [7, 11) is 1.66. The molecular formula is C12H11N5O. The van der Waals surface area contributed by atoms with Crippen molar-refractivity contribution < 1.29 is 4.79 Å². The van der Waals surface area contributed by atoms with Crippen molar-refractivity contribution in [1.29, 1.82) is 5.26 Å². The van der Waals surface area contributed by atoms with Crippen LogP contribution in [-0.2, 0) is 7.05 Å². The van der Waals surface area contributed by atoms with Crippen molar-refractivity contribution in [2.75, 3.05) is 5.32 Å². The van der Waals surface area contributed by atoms with E-state index in [0.717, 1.165) is 5.69 Å². The summed E-state index contributed by atoms with van der Waals surface area (Å²) in [4.78, 5) is 16.0. The summed E-state index contributed by atoms with van der Waals surface area (Å²) in [6.07, 6.45) is 2.90. The highest BCUT2D eigenvalue weighted by Gasteiger charge is 2.13. The lowest BCUT2D eigenvalue weighted by atomic mass is 10.2. The summed E-state index contributed by atoms with van der Waals surface area (Å²) < 4.78 is 1.44. The topological polar surface area (TPSA) is 83.6 Å². The molecule has 0 aromatic carbocycles. The maximum atomic E-state index is 11.9. The van der Waals surface area contributed by atoms with E-state index in [0.29, 0.717) is 16.9 Å². The Hall–Kier alpha value is -2.68. The van der Waals surface area contributed by atoms with Gasteiger partial charge in [0.1, 0.15) is 17.5 Å². The molecule has 1 N–H and O–H groups in total. The third-order valence-electron chi connectivity index (χ3n) is 2.46. The number of hydrogen-bond donors (Lipinski definition) is 1. The minimum Gasteiger partial charge on any atom is -0.306 e. The Morgan fingerprint density at radius 1 is 1.44 bits per heavy atom. The van der Waals surface area contributed by atoms with E-state index in [1.54, 1.807) is 19.2 Å². The maximum absolute atomic E-state index is 11.9. The number of anilines is 1. The predicted octanol–water partition coefficient (Wildman–Crippen LogP) is 1.25. The van der Waals surface area contributed by atoms with Crippen LogP contribution in [0.4, 0.5) is 5.82 Å². The minimum atomic E-state index is -0.317. The summed E-state index contributed by atoms with van der Waals surface area (Å²) in [5.41, 5.74) is 1.60. The zero-order valence-corrected chi connectivity index (χ0v) is 10.0. The first-order valence-corrected chi connectivity index (χ1v) is 5.28. The predicted molar refractivity (Wildman–Crippen MR) is 64.9 cm³/mol. The van der Waals surface area contributed by atoms with Crippen LogP contribution in [0.15, 0.2) is 24.5 Å². The van der Waals surface area contributed by atoms with Crippen LogP contribution in [0.2, 0.25) is 0 Å². The van der Waals surface area contributed by atoms with Gasteiger partial charge in [0.05, 0.1) is 11.8 Å². The van der Waals surface area contributed by atoms with Crippen LogP contribution in [-0.4, -0.2) is 20.7 Å². The molecule has 0 aliphatic rings. The van der Waals surface area contributed by atoms with Crippen LogP contribution in [0.25, 0.3) is 0 Å². The van der Waals surface area contributed by atoms with Gasteiger partial charge in [0.2, 0.25) is 0 Å². The molecule has 0 spiro atoms. The summed E-state index contributed by atoms with van der Waals surface area (Å²) in [6, 6.07) is 5.40. The van der Waals surface area contributed by atoms with Gasteiger partial charge >= 0.3 is 0 Å². The molecule has 0 unspecified atom stereocenters. The second-order valence-corrected chi connectivity index (χ2v) is 3.78. The number of aromatic nitrogens is 3. The number of nitriles is 1. The van der Waals surface area contributed by atoms with E-state index in [1.807, 2.05) is 13.0 Å². The molecule has 2 rings (SSSR count). The van der Waals surface area contributed by atoms with Crippen molar-refractivity contribution in [2.45, 2.75) is 6.92 Å². The fourth-order valence-corrected chi connectivity index (χ4v) is 1.45. The molecule has 90 valence electrons. The molecule has 0 fully saturated rings. The van der Waals surface area contributed by atoms with Crippen molar-refractivity contribution >= 4 is 11.7 Å². The Labute approximate surface area is 104 Å². The SMILES string of the molecule is Cc1ccc(C(=O)Nc2c(C#N)cnn2C)cn1. The van der Waals surface area contributed by atoms with E-state index in [2.05, 4.69) is 15.4 Å². The van der Waals surface area contributed by atoms with Crippen LogP contribution < -0.4 is 5.32 Å². The smallest absolute Gasteiger partial charge is 0.258 e. The standard InChI is InChI=1S/C12H11N5O/c1-8-3-4-9(6-14-8)12(18)16-11-10(5-13)7-15-17(11)2/h3-4,6-7H,1-2H3,(H,16,18). The number of pyridine rings is 1. The Balaban J connectivity index is 2.24. The van der Waals surface area contributed by atoms with E-state index in [1.165, 1.54) is 17.1 Å². The molecule has 0 atom stereocenters. The fourth-order valence-electron chi connectivity index (χ4n) is 1.45. The first-order chi connectivity index (χ1) is 8.61. The van der Waals surface area contributed by atoms with Crippen molar-refractivity contribution in [1.82, 2.24) is 14.8 Å². The molecular weight excluding hydrogens is 230 g/mol. The third kappa shape index (κ3) is 2.20. The Morgan fingerprint density at radius 3 is 2.83 bits per heavy atom. The summed E-state index contributed by atoms with van der Waals surface area (Å²) >= 11 is 0. The molecule has 2 heterocycles. The van der Waals surface area contributed by atoms with E-state index in [4.69, 9.17) is 5.26 Å². The van der Waals surface area contributed by atoms with Crippen LogP contribution in [0.5, 0.6) is 0 Å². The molecule has 0 aliphatic heterocycles. The number of hydrogen-bond acceptors (Lipinski definition) is 4. The summed E-state index contributed by atoms with van der Waals surface area (Å²) in [5.74, 6) is 0.0608. The number of carbonyl (C=O) groups is 1. The minimum absolute atomic E-state index is 0.317. The molecule has 2 aromatic heterocycles. The number of rotatable bonds is 2. The lowest BCUT2D eigenvalue weighted by molar-refractivity contribution is 0.102. The average molecular weight is 241 g/mol. The fraction of sp³-hybridized carbons (Fsp3) is 0.167. The average Bonchev–Trinajstić information content (AvgIpc) is 2.71. The first-order valence-electron chi connectivity index (χ1n) is 5.28. The third-order valence-corrected chi connectivity index (χ3v) is 2.46. The second-order valence-electron chi connectivity index (χ2n) is 3.78. The number of aryl methyl sites for hydroxylation is 2. The van der Waals surface area contributed by atoms with Gasteiger partial charge in [0.15, 0.2) is 0 Å². The van der Waals surface area contributed by atoms with E-state index < -0.39 is 0 Å². The molecule has 0 aliphatic carbocycles. The molecule has 1 amide bonds. The van der Waals surface area contributed by atoms with Gasteiger partial charge in [-0.15, -0.1) is 0 Å². The lowest BCUT2D eigenvalue weighted by Crippen LogP contribution is -2.15. The first kappa shape index (κ1) is 11.8. The molecule has 6 heteroatoms. The lowest BCUT2D eigenvalue weighted by Gasteiger charge is -2.05. The van der Waals surface area contributed by atoms with Crippen LogP contribution in [0, 0.1) is 18.3 Å². The van der Waals surface area contributed by atoms with Crippen LogP contribution >= 0.6 is 0 Å². The van der Waals surface area contributed by atoms with Crippen molar-refractivity contribution in [2.24, 2.45) is 7.05 Å². The van der Waals surface area contributed by atoms with Gasteiger partial charge in [-0.2, -0.15) is 10.4 Å². The second kappa shape index (κ2) is 4.67. The molecule has 6 nitrogen and oxygen atoms in total. The highest BCUT2D eigenvalue weighted by Crippen LogP contribution is 2.13. The van der Waals surface area contributed by atoms with Gasteiger partial charge in [-0.1, -0.05) is 0 Å². The zero-order chi connectivity index (χ0) is 13.1. The quantitative estimate of drug-likeness (QED) is 0.857. The highest BCUT2D eigenvalue weighted by molar-refractivity contribution is 6.04. The maximum Gasteiger partial charge on any atom is 0.258 e. The van der Waals surface area contributed by atoms with Gasteiger partial charge < -0.3 is 5.32 Å². The Morgan fingerprint density at radius 2 is 2.22 bits per heavy atom. The van der Waals surface area contributed by atoms with Crippen LogP contribution in [0.1, 0.15) is 21.6 Å². The number of amides is 1. The monoisotopic (exact) mass is 241 g/mol. The molecule has 18 heavy (non-hydrogen) atoms. The van der Waals surface area contributed by atoms with E-state index in [9.17, 15) is 4.79 Å². The van der Waals surface area contributed by atoms with Crippen molar-refractivity contribution in [3.8, 4) is 6.07 Å². The zero-order valence-electron chi connectivity index (χ0n) is 10.0. The van der Waals surface area contributed by atoms with Gasteiger partial charge in [0, 0.05) is 18.9 Å². The normalized spacial score (nSPS) is 9.83. The summed E-state index contributed by atoms with van der Waals surface area (Å²) in [6.45, 7) is 1.84. The number of nitrogens with one attached hydrogen (secondary N) is 1. The number of nitrogens with zero attached hydrogens (tertiary/aromatic N) is 4. The van der Waals surface area contributed by atoms with Gasteiger partial charge in [-0.25, -0.2) is 0 Å². The van der Waals surface area contributed by atoms with Crippen LogP contribution in [0.3, 0.4) is 0 Å². The van der Waals surface area contributed by atoms with Gasteiger partial charge in [-0.3, -0.25) is 14.5 Å². The number of carbonyl (C=O) groups excluding carboxylic acids is 1. The van der Waals surface area contributed by atoms with Crippen molar-refractivity contribution in [3.63, 3.8) is 0 Å². The Kier molecular flexibility index (Phi) is 3.06. The largest absolute Gasteiger partial charge is 0.306 e. The molecule has 0 radical (unpaired) electrons. The molecule has 0 bridgehead atoms. The summed E-state index contributed by atoms with van der Waals surface area (Å²) in [5, 5.41) is 15.4. The van der Waals surface area contributed by atoms with Gasteiger partial charge in [0.25, 0.3) is 5.91 Å².